The number of aliphatic hydroxyl groups is 2. The highest BCUT2D eigenvalue weighted by atomic mass is 16.3. The highest BCUT2D eigenvalue weighted by Crippen LogP contribution is 2.17. The Hall–Kier alpha value is -1.39. The predicted molar refractivity (Wildman–Crippen MR) is 258 cm³/mol. The number of allylic oxidation sites excluding steroid dienone is 5. The molecule has 0 saturated heterocycles. The van der Waals surface area contributed by atoms with E-state index in [4.69, 9.17) is 0 Å². The molecule has 0 aromatic carbocycles. The van der Waals surface area contributed by atoms with Crippen LogP contribution in [0.4, 0.5) is 0 Å². The number of amides is 1. The van der Waals surface area contributed by atoms with Crippen LogP contribution >= 0.6 is 0 Å². The number of rotatable bonds is 48. The number of unbranched alkanes of at least 4 members (excludes halogenated alkanes) is 37. The molecule has 0 aromatic rings. The molecule has 3 N–H and O–H groups in total. The van der Waals surface area contributed by atoms with Gasteiger partial charge in [-0.15, -0.1) is 0 Å². The minimum Gasteiger partial charge on any atom is -0.394 e. The fraction of sp³-hybridized carbons (Fsp3) is 0.870. The summed E-state index contributed by atoms with van der Waals surface area (Å²) in [6.45, 7) is 4.31. The predicted octanol–water partition coefficient (Wildman–Crippen LogP) is 16.9. The molecule has 0 aliphatic carbocycles. The zero-order valence-electron chi connectivity index (χ0n) is 39.3. The first kappa shape index (κ1) is 56.6. The number of hydrogen-bond donors (Lipinski definition) is 3. The van der Waals surface area contributed by atoms with Gasteiger partial charge in [-0.25, -0.2) is 0 Å². The smallest absolute Gasteiger partial charge is 0.220 e. The molecule has 342 valence electrons. The summed E-state index contributed by atoms with van der Waals surface area (Å²) < 4.78 is 0. The van der Waals surface area contributed by atoms with Crippen LogP contribution in [-0.2, 0) is 4.79 Å². The van der Waals surface area contributed by atoms with E-state index >= 15 is 0 Å². The minimum absolute atomic E-state index is 0.0731. The van der Waals surface area contributed by atoms with Crippen LogP contribution in [0.5, 0.6) is 0 Å². The zero-order chi connectivity index (χ0) is 42.1. The van der Waals surface area contributed by atoms with Crippen LogP contribution in [0.15, 0.2) is 36.5 Å². The molecule has 2 unspecified atom stereocenters. The lowest BCUT2D eigenvalue weighted by Crippen LogP contribution is -2.45. The molecule has 0 rings (SSSR count). The molecular formula is C54H103NO3. The lowest BCUT2D eigenvalue weighted by molar-refractivity contribution is -0.123. The van der Waals surface area contributed by atoms with E-state index in [0.29, 0.717) is 6.42 Å². The van der Waals surface area contributed by atoms with Crippen molar-refractivity contribution in [2.75, 3.05) is 6.61 Å². The maximum Gasteiger partial charge on any atom is 0.220 e. The van der Waals surface area contributed by atoms with Crippen LogP contribution in [-0.4, -0.2) is 34.9 Å². The van der Waals surface area contributed by atoms with E-state index < -0.39 is 12.1 Å². The van der Waals surface area contributed by atoms with Gasteiger partial charge in [-0.05, 0) is 44.9 Å². The molecule has 0 fully saturated rings. The summed E-state index contributed by atoms with van der Waals surface area (Å²) in [5.41, 5.74) is 0. The first-order valence-electron chi connectivity index (χ1n) is 26.2. The molecule has 0 saturated carbocycles. The van der Waals surface area contributed by atoms with Crippen molar-refractivity contribution in [3.8, 4) is 0 Å². The highest BCUT2D eigenvalue weighted by Gasteiger charge is 2.17. The van der Waals surface area contributed by atoms with Crippen LogP contribution in [0.25, 0.3) is 0 Å². The second kappa shape index (κ2) is 50.0. The second-order valence-electron chi connectivity index (χ2n) is 17.9. The standard InChI is InChI=1S/C54H103NO3/c1-3-5-7-9-11-13-15-17-19-21-23-24-25-26-27-28-29-30-31-32-34-36-38-40-42-44-46-48-50-54(58)55-52(51-56)53(57)49-47-45-43-41-39-37-35-33-22-20-18-16-14-12-10-8-6-4-2/h22,33,39,41,47,49,52-53,56-57H,3-21,23-32,34-38,40,42-46,48,50-51H2,1-2H3,(H,55,58)/b33-22+,41-39+,49-47+. The lowest BCUT2D eigenvalue weighted by Gasteiger charge is -2.19. The van der Waals surface area contributed by atoms with Crippen LogP contribution in [0, 0.1) is 0 Å². The van der Waals surface area contributed by atoms with Gasteiger partial charge >= 0.3 is 0 Å². The highest BCUT2D eigenvalue weighted by molar-refractivity contribution is 5.76. The van der Waals surface area contributed by atoms with E-state index in [1.807, 2.05) is 6.08 Å². The maximum atomic E-state index is 12.4. The number of hydrogen-bond acceptors (Lipinski definition) is 3. The molecule has 58 heavy (non-hydrogen) atoms. The average Bonchev–Trinajstić information content (AvgIpc) is 3.23. The van der Waals surface area contributed by atoms with E-state index in [1.165, 1.54) is 225 Å². The molecule has 0 bridgehead atoms. The minimum atomic E-state index is -0.868. The fourth-order valence-corrected chi connectivity index (χ4v) is 8.10. The third kappa shape index (κ3) is 45.7. The molecule has 0 aliphatic rings. The Labute approximate surface area is 363 Å². The quantitative estimate of drug-likeness (QED) is 0.0423. The van der Waals surface area contributed by atoms with E-state index in [2.05, 4.69) is 43.5 Å². The van der Waals surface area contributed by atoms with Gasteiger partial charge in [-0.2, -0.15) is 0 Å². The number of carbonyl (C=O) groups is 1. The van der Waals surface area contributed by atoms with Gasteiger partial charge < -0.3 is 15.5 Å². The largest absolute Gasteiger partial charge is 0.394 e. The molecule has 1 amide bonds. The van der Waals surface area contributed by atoms with Gasteiger partial charge in [-0.3, -0.25) is 4.79 Å². The molecular weight excluding hydrogens is 711 g/mol. The van der Waals surface area contributed by atoms with Crippen molar-refractivity contribution in [2.45, 2.75) is 296 Å². The number of nitrogens with one attached hydrogen (secondary N) is 1. The van der Waals surface area contributed by atoms with Crippen molar-refractivity contribution in [2.24, 2.45) is 0 Å². The summed E-state index contributed by atoms with van der Waals surface area (Å²) >= 11 is 0. The zero-order valence-corrected chi connectivity index (χ0v) is 39.3. The topological polar surface area (TPSA) is 69.6 Å². The van der Waals surface area contributed by atoms with Crippen molar-refractivity contribution < 1.29 is 15.0 Å². The summed E-state index contributed by atoms with van der Waals surface area (Å²) in [5.74, 6) is -0.0731. The van der Waals surface area contributed by atoms with Crippen molar-refractivity contribution in [3.63, 3.8) is 0 Å². The molecule has 0 aromatic heterocycles. The second-order valence-corrected chi connectivity index (χ2v) is 17.9. The monoisotopic (exact) mass is 814 g/mol. The summed E-state index contributed by atoms with van der Waals surface area (Å²) in [4.78, 5) is 12.4. The Balaban J connectivity index is 3.50. The number of aliphatic hydroxyl groups excluding tert-OH is 2. The molecule has 0 heterocycles. The molecule has 4 heteroatoms. The Morgan fingerprint density at radius 2 is 0.672 bits per heavy atom. The average molecular weight is 814 g/mol. The first-order chi connectivity index (χ1) is 28.7. The van der Waals surface area contributed by atoms with Gasteiger partial charge in [0.15, 0.2) is 0 Å². The van der Waals surface area contributed by atoms with Crippen LogP contribution in [0.2, 0.25) is 0 Å². The van der Waals surface area contributed by atoms with Crippen molar-refractivity contribution >= 4 is 5.91 Å². The van der Waals surface area contributed by atoms with E-state index in [9.17, 15) is 15.0 Å². The van der Waals surface area contributed by atoms with Gasteiger partial charge in [0.1, 0.15) is 0 Å². The third-order valence-electron chi connectivity index (χ3n) is 12.1. The molecule has 0 spiro atoms. The van der Waals surface area contributed by atoms with Gasteiger partial charge in [0, 0.05) is 6.42 Å². The molecule has 0 radical (unpaired) electrons. The third-order valence-corrected chi connectivity index (χ3v) is 12.1. The van der Waals surface area contributed by atoms with Gasteiger partial charge in [0.2, 0.25) is 5.91 Å². The Bertz CT molecular complexity index is 882. The van der Waals surface area contributed by atoms with Crippen LogP contribution < -0.4 is 5.32 Å². The first-order valence-corrected chi connectivity index (χ1v) is 26.2. The molecule has 4 nitrogen and oxygen atoms in total. The van der Waals surface area contributed by atoms with Crippen molar-refractivity contribution in [3.05, 3.63) is 36.5 Å². The van der Waals surface area contributed by atoms with Crippen LogP contribution in [0.3, 0.4) is 0 Å². The summed E-state index contributed by atoms with van der Waals surface area (Å²) in [7, 11) is 0. The molecule has 2 atom stereocenters. The van der Waals surface area contributed by atoms with Crippen LogP contribution in [0.1, 0.15) is 284 Å². The fourth-order valence-electron chi connectivity index (χ4n) is 8.10. The summed E-state index contributed by atoms with van der Waals surface area (Å²) in [5, 5.41) is 23.1. The van der Waals surface area contributed by atoms with E-state index in [-0.39, 0.29) is 12.5 Å². The molecule has 0 aliphatic heterocycles. The Morgan fingerprint density at radius 3 is 1.00 bits per heavy atom. The lowest BCUT2D eigenvalue weighted by atomic mass is 10.0. The SMILES string of the molecule is CCCCCCCCCC/C=C/CC/C=C/CC/C=C/C(O)C(CO)NC(=O)CCCCCCCCCCCCCCCCCCCCCCCCCCCCCC. The van der Waals surface area contributed by atoms with Crippen molar-refractivity contribution in [1.29, 1.82) is 0 Å². The van der Waals surface area contributed by atoms with Crippen molar-refractivity contribution in [1.82, 2.24) is 5.32 Å². The van der Waals surface area contributed by atoms with E-state index in [1.54, 1.807) is 6.08 Å². The maximum absolute atomic E-state index is 12.4. The summed E-state index contributed by atoms with van der Waals surface area (Å²) in [6, 6.07) is -0.643. The Kier molecular flexibility index (Phi) is 48.8. The van der Waals surface area contributed by atoms with Gasteiger partial charge in [0.25, 0.3) is 0 Å². The normalized spacial score (nSPS) is 13.1. The van der Waals surface area contributed by atoms with Gasteiger partial charge in [-0.1, -0.05) is 269 Å². The Morgan fingerprint density at radius 1 is 0.397 bits per heavy atom. The number of carbonyl (C=O) groups excluding carboxylic acids is 1. The van der Waals surface area contributed by atoms with E-state index in [0.717, 1.165) is 38.5 Å². The van der Waals surface area contributed by atoms with Gasteiger partial charge in [0.05, 0.1) is 18.8 Å². The summed E-state index contributed by atoms with van der Waals surface area (Å²) in [6.07, 6.45) is 67.2.